The van der Waals surface area contributed by atoms with E-state index in [0.29, 0.717) is 12.6 Å². The molecule has 0 aliphatic heterocycles. The molecule has 1 rings (SSSR count). The van der Waals surface area contributed by atoms with Crippen molar-refractivity contribution in [2.45, 2.75) is 13.1 Å². The summed E-state index contributed by atoms with van der Waals surface area (Å²) < 4.78 is 37.2. The molecule has 0 aliphatic carbocycles. The summed E-state index contributed by atoms with van der Waals surface area (Å²) in [7, 11) is 0. The van der Waals surface area contributed by atoms with E-state index in [1.807, 2.05) is 0 Å². The van der Waals surface area contributed by atoms with Gasteiger partial charge in [0, 0.05) is 6.54 Å². The first kappa shape index (κ1) is 13.8. The number of hydrogen-bond donors (Lipinski definition) is 2. The zero-order chi connectivity index (χ0) is 13.8. The third kappa shape index (κ3) is 3.38. The second-order valence-electron chi connectivity index (χ2n) is 3.35. The Bertz CT molecular complexity index is 491. The Balaban J connectivity index is 3.02. The van der Waals surface area contributed by atoms with E-state index in [9.17, 15) is 18.0 Å². The Morgan fingerprint density at radius 3 is 2.61 bits per heavy atom. The topological polar surface area (TPSA) is 64.9 Å². The molecule has 0 spiro atoms. The molecule has 0 atom stereocenters. The molecule has 2 amide bonds. The average Bonchev–Trinajstić information content (AvgIpc) is 2.28. The minimum absolute atomic E-state index is 0.0384. The van der Waals surface area contributed by atoms with Gasteiger partial charge >= 0.3 is 12.2 Å². The maximum Gasteiger partial charge on any atom is 0.416 e. The highest BCUT2D eigenvalue weighted by molar-refractivity contribution is 5.90. The number of nitriles is 1. The van der Waals surface area contributed by atoms with Gasteiger partial charge in [-0.3, -0.25) is 0 Å². The summed E-state index contributed by atoms with van der Waals surface area (Å²) in [6.45, 7) is 2.06. The molecule has 7 heteroatoms. The summed E-state index contributed by atoms with van der Waals surface area (Å²) in [4.78, 5) is 11.2. The van der Waals surface area contributed by atoms with E-state index in [1.54, 1.807) is 13.0 Å². The van der Waals surface area contributed by atoms with Gasteiger partial charge in [0.15, 0.2) is 0 Å². The number of nitrogens with one attached hydrogen (secondary N) is 2. The molecule has 4 nitrogen and oxygen atoms in total. The predicted octanol–water partition coefficient (Wildman–Crippen LogP) is 2.72. The quantitative estimate of drug-likeness (QED) is 0.855. The van der Waals surface area contributed by atoms with Crippen LogP contribution in [-0.2, 0) is 6.18 Å². The van der Waals surface area contributed by atoms with Crippen LogP contribution in [0.15, 0.2) is 18.2 Å². The summed E-state index contributed by atoms with van der Waals surface area (Å²) in [6.07, 6.45) is -4.52. The molecule has 0 heterocycles. The molecule has 0 bridgehead atoms. The number of anilines is 1. The number of hydrogen-bond acceptors (Lipinski definition) is 2. The molecular formula is C11H10F3N3O. The fourth-order valence-corrected chi connectivity index (χ4v) is 1.25. The number of carbonyl (C=O) groups is 1. The maximum atomic E-state index is 12.4. The van der Waals surface area contributed by atoms with Crippen LogP contribution in [0.1, 0.15) is 18.1 Å². The van der Waals surface area contributed by atoms with Crippen molar-refractivity contribution in [2.24, 2.45) is 0 Å². The van der Waals surface area contributed by atoms with Crippen LogP contribution in [0.2, 0.25) is 0 Å². The highest BCUT2D eigenvalue weighted by Crippen LogP contribution is 2.31. The Kier molecular flexibility index (Phi) is 4.15. The van der Waals surface area contributed by atoms with Gasteiger partial charge in [0.2, 0.25) is 0 Å². The van der Waals surface area contributed by atoms with Gasteiger partial charge in [0.05, 0.1) is 16.8 Å². The molecule has 0 saturated carbocycles. The van der Waals surface area contributed by atoms with Crippen LogP contribution in [0, 0.1) is 11.3 Å². The number of nitrogens with zero attached hydrogens (tertiary/aromatic N) is 1. The standard InChI is InChI=1S/C11H10F3N3O/c1-2-16-10(18)17-9-4-3-8(11(12,13)14)5-7(9)6-15/h3-5H,2H2,1H3,(H2,16,17,18). The first-order valence-corrected chi connectivity index (χ1v) is 5.04. The second kappa shape index (κ2) is 5.40. The van der Waals surface area contributed by atoms with Gasteiger partial charge in [-0.1, -0.05) is 0 Å². The molecule has 96 valence electrons. The molecule has 18 heavy (non-hydrogen) atoms. The van der Waals surface area contributed by atoms with E-state index in [2.05, 4.69) is 10.6 Å². The van der Waals surface area contributed by atoms with Crippen molar-refractivity contribution in [3.63, 3.8) is 0 Å². The monoisotopic (exact) mass is 257 g/mol. The Labute approximate surface area is 101 Å². The predicted molar refractivity (Wildman–Crippen MR) is 58.9 cm³/mol. The molecule has 2 N–H and O–H groups in total. The summed E-state index contributed by atoms with van der Waals surface area (Å²) in [5.74, 6) is 0. The molecule has 0 saturated heterocycles. The van der Waals surface area contributed by atoms with Gasteiger partial charge in [-0.25, -0.2) is 4.79 Å². The molecule has 0 unspecified atom stereocenters. The molecule has 1 aromatic carbocycles. The Morgan fingerprint density at radius 2 is 2.11 bits per heavy atom. The number of urea groups is 1. The third-order valence-corrected chi connectivity index (χ3v) is 2.05. The maximum absolute atomic E-state index is 12.4. The van der Waals surface area contributed by atoms with Crippen molar-refractivity contribution in [2.75, 3.05) is 11.9 Å². The molecule has 0 aliphatic rings. The molecule has 1 aromatic rings. The zero-order valence-corrected chi connectivity index (χ0v) is 9.43. The number of rotatable bonds is 2. The molecule has 0 radical (unpaired) electrons. The van der Waals surface area contributed by atoms with Gasteiger partial charge in [-0.05, 0) is 25.1 Å². The number of amides is 2. The number of benzene rings is 1. The lowest BCUT2D eigenvalue weighted by atomic mass is 10.1. The highest BCUT2D eigenvalue weighted by Gasteiger charge is 2.31. The van der Waals surface area contributed by atoms with E-state index in [1.165, 1.54) is 0 Å². The number of carbonyl (C=O) groups excluding carboxylic acids is 1. The van der Waals surface area contributed by atoms with Crippen molar-refractivity contribution in [3.05, 3.63) is 29.3 Å². The van der Waals surface area contributed by atoms with Crippen LogP contribution < -0.4 is 10.6 Å². The number of halogens is 3. The lowest BCUT2D eigenvalue weighted by Gasteiger charge is -2.11. The molecular weight excluding hydrogens is 247 g/mol. The van der Waals surface area contributed by atoms with Gasteiger partial charge < -0.3 is 10.6 Å². The SMILES string of the molecule is CCNC(=O)Nc1ccc(C(F)(F)F)cc1C#N. The lowest BCUT2D eigenvalue weighted by Crippen LogP contribution is -2.28. The minimum atomic E-state index is -4.52. The van der Waals surface area contributed by atoms with E-state index in [-0.39, 0.29) is 11.3 Å². The minimum Gasteiger partial charge on any atom is -0.338 e. The van der Waals surface area contributed by atoms with Crippen LogP contribution >= 0.6 is 0 Å². The zero-order valence-electron chi connectivity index (χ0n) is 9.43. The van der Waals surface area contributed by atoms with Crippen molar-refractivity contribution in [1.82, 2.24) is 5.32 Å². The van der Waals surface area contributed by atoms with Crippen LogP contribution in [-0.4, -0.2) is 12.6 Å². The lowest BCUT2D eigenvalue weighted by molar-refractivity contribution is -0.137. The molecule has 0 fully saturated rings. The second-order valence-corrected chi connectivity index (χ2v) is 3.35. The van der Waals surface area contributed by atoms with E-state index in [0.717, 1.165) is 12.1 Å². The summed E-state index contributed by atoms with van der Waals surface area (Å²) in [6, 6.07) is 3.59. The smallest absolute Gasteiger partial charge is 0.338 e. The van der Waals surface area contributed by atoms with E-state index < -0.39 is 17.8 Å². The normalized spacial score (nSPS) is 10.6. The van der Waals surface area contributed by atoms with Gasteiger partial charge in [0.1, 0.15) is 6.07 Å². The van der Waals surface area contributed by atoms with Crippen molar-refractivity contribution < 1.29 is 18.0 Å². The summed E-state index contributed by atoms with van der Waals surface area (Å²) >= 11 is 0. The van der Waals surface area contributed by atoms with Crippen LogP contribution in [0.25, 0.3) is 0 Å². The van der Waals surface area contributed by atoms with Gasteiger partial charge in [-0.2, -0.15) is 18.4 Å². The van der Waals surface area contributed by atoms with Crippen molar-refractivity contribution in [3.8, 4) is 6.07 Å². The van der Waals surface area contributed by atoms with Crippen LogP contribution in [0.3, 0.4) is 0 Å². The summed E-state index contributed by atoms with van der Waals surface area (Å²) in [5, 5.41) is 13.5. The summed E-state index contributed by atoms with van der Waals surface area (Å²) in [5.41, 5.74) is -1.13. The fraction of sp³-hybridized carbons (Fsp3) is 0.273. The van der Waals surface area contributed by atoms with E-state index in [4.69, 9.17) is 5.26 Å². The first-order valence-electron chi connectivity index (χ1n) is 5.04. The highest BCUT2D eigenvalue weighted by atomic mass is 19.4. The van der Waals surface area contributed by atoms with Gasteiger partial charge in [-0.15, -0.1) is 0 Å². The van der Waals surface area contributed by atoms with E-state index >= 15 is 0 Å². The fourth-order valence-electron chi connectivity index (χ4n) is 1.25. The van der Waals surface area contributed by atoms with Crippen molar-refractivity contribution >= 4 is 11.7 Å². The van der Waals surface area contributed by atoms with Gasteiger partial charge in [0.25, 0.3) is 0 Å². The first-order chi connectivity index (χ1) is 8.38. The van der Waals surface area contributed by atoms with Crippen molar-refractivity contribution in [1.29, 1.82) is 5.26 Å². The van der Waals surface area contributed by atoms with Crippen LogP contribution in [0.5, 0.6) is 0 Å². The molecule has 0 aromatic heterocycles. The van der Waals surface area contributed by atoms with Crippen LogP contribution in [0.4, 0.5) is 23.7 Å². The third-order valence-electron chi connectivity index (χ3n) is 2.05. The Hall–Kier alpha value is -2.23. The largest absolute Gasteiger partial charge is 0.416 e. The number of alkyl halides is 3. The Morgan fingerprint density at radius 1 is 1.44 bits per heavy atom. The average molecular weight is 257 g/mol.